The lowest BCUT2D eigenvalue weighted by Gasteiger charge is -2.42. The number of hydrogen-bond acceptors (Lipinski definition) is 6. The molecular weight excluding hydrogens is 811 g/mol. The molecule has 306 valence electrons. The van der Waals surface area contributed by atoms with Crippen molar-refractivity contribution in [3.63, 3.8) is 0 Å². The molecule has 0 N–H and O–H groups in total. The Balaban J connectivity index is 1.05. The van der Waals surface area contributed by atoms with Crippen LogP contribution in [0.2, 0.25) is 0 Å². The maximum absolute atomic E-state index is 7.43. The van der Waals surface area contributed by atoms with Crippen LogP contribution in [0.4, 0.5) is 17.3 Å². The van der Waals surface area contributed by atoms with Gasteiger partial charge in [-0.2, -0.15) is 9.97 Å². The van der Waals surface area contributed by atoms with Crippen LogP contribution in [0.5, 0.6) is 23.0 Å². The van der Waals surface area contributed by atoms with E-state index in [1.165, 1.54) is 21.5 Å². The minimum Gasteiger partial charge on any atom is -0.456 e. The number of nitrogens with zero attached hydrogens (tertiary/aromatic N) is 6. The van der Waals surface area contributed by atoms with E-state index in [9.17, 15) is 0 Å². The minimum atomic E-state index is -0.255. The van der Waals surface area contributed by atoms with Crippen LogP contribution >= 0.6 is 0 Å². The Morgan fingerprint density at radius 1 is 0.348 bits per heavy atom. The van der Waals surface area contributed by atoms with E-state index < -0.39 is 0 Å². The van der Waals surface area contributed by atoms with E-state index in [0.717, 1.165) is 95.3 Å². The van der Waals surface area contributed by atoms with Gasteiger partial charge in [0.1, 0.15) is 11.5 Å². The maximum atomic E-state index is 7.43. The van der Waals surface area contributed by atoms with Gasteiger partial charge in [-0.25, -0.2) is 4.98 Å². The van der Waals surface area contributed by atoms with Crippen molar-refractivity contribution in [2.45, 2.75) is 0 Å². The van der Waals surface area contributed by atoms with Crippen LogP contribution < -0.4 is 30.8 Å². The summed E-state index contributed by atoms with van der Waals surface area (Å²) in [5.41, 5.74) is 13.0. The van der Waals surface area contributed by atoms with E-state index in [1.54, 1.807) is 0 Å². The van der Waals surface area contributed by atoms with Crippen LogP contribution in [0.25, 0.3) is 77.8 Å². The third-order valence-electron chi connectivity index (χ3n) is 13.6. The molecule has 0 unspecified atom stereocenters. The predicted molar refractivity (Wildman–Crippen MR) is 265 cm³/mol. The lowest BCUT2D eigenvalue weighted by atomic mass is 9.33. The molecule has 9 heteroatoms. The van der Waals surface area contributed by atoms with E-state index in [-0.39, 0.29) is 6.71 Å². The molecule has 0 amide bonds. The number of hydrogen-bond donors (Lipinski definition) is 0. The summed E-state index contributed by atoms with van der Waals surface area (Å²) in [6, 6.07) is 69.8. The fraction of sp³-hybridized carbons (Fsp3) is 0. The second-order valence-electron chi connectivity index (χ2n) is 17.1. The van der Waals surface area contributed by atoms with Gasteiger partial charge in [-0.3, -0.25) is 4.90 Å². The molecule has 8 nitrogen and oxygen atoms in total. The topological polar surface area (TPSA) is 70.2 Å². The molecule has 0 saturated heterocycles. The molecule has 6 heterocycles. The summed E-state index contributed by atoms with van der Waals surface area (Å²) in [7, 11) is 0. The average molecular weight is 845 g/mol. The molecule has 0 radical (unpaired) electrons. The normalized spacial score (nSPS) is 13.0. The molecule has 66 heavy (non-hydrogen) atoms. The summed E-state index contributed by atoms with van der Waals surface area (Å²) in [5.74, 6) is 4.76. The molecule has 0 bridgehead atoms. The molecule has 0 aliphatic carbocycles. The first-order valence-corrected chi connectivity index (χ1v) is 22.2. The molecule has 3 aliphatic rings. The number of benzene rings is 9. The van der Waals surface area contributed by atoms with Crippen molar-refractivity contribution in [2.24, 2.45) is 0 Å². The van der Waals surface area contributed by atoms with E-state index >= 15 is 0 Å². The second kappa shape index (κ2) is 13.3. The maximum Gasteiger partial charge on any atom is 0.266 e. The van der Waals surface area contributed by atoms with Crippen molar-refractivity contribution in [3.05, 3.63) is 200 Å². The van der Waals surface area contributed by atoms with E-state index in [2.05, 4.69) is 154 Å². The van der Waals surface area contributed by atoms with Gasteiger partial charge in [-0.05, 0) is 65.5 Å². The summed E-state index contributed by atoms with van der Waals surface area (Å²) in [4.78, 5) is 17.7. The largest absolute Gasteiger partial charge is 0.456 e. The third-order valence-corrected chi connectivity index (χ3v) is 13.6. The Morgan fingerprint density at radius 2 is 0.742 bits per heavy atom. The van der Waals surface area contributed by atoms with E-state index in [4.69, 9.17) is 24.4 Å². The summed E-state index contributed by atoms with van der Waals surface area (Å²) in [6.45, 7) is -0.255. The van der Waals surface area contributed by atoms with E-state index in [0.29, 0.717) is 17.6 Å². The zero-order valence-electron chi connectivity index (χ0n) is 35.1. The van der Waals surface area contributed by atoms with Crippen LogP contribution in [0.3, 0.4) is 0 Å². The van der Waals surface area contributed by atoms with Gasteiger partial charge in [-0.15, -0.1) is 0 Å². The highest BCUT2D eigenvalue weighted by atomic mass is 16.5. The Hall–Kier alpha value is -8.95. The van der Waals surface area contributed by atoms with Crippen LogP contribution in [0.1, 0.15) is 0 Å². The number of rotatable bonds is 5. The standard InChI is InChI=1S/C57H33BN6O2/c1-3-17-34(18-4-1)55-59-56(35-19-5-2-6-20-35)61-57(60-55)64-44-29-15-31-48-50(44)58-51-45(64)30-16-32-49(51)66-54-47(63-42-27-13-9-23-38(42)39-24-10-14-28-43(39)63)33-46(53(65-48)52(54)58)62-40-25-11-7-21-36(40)37-22-8-12-26-41(37)62/h1-33H. The van der Waals surface area contributed by atoms with Crippen molar-refractivity contribution in [1.82, 2.24) is 24.1 Å². The summed E-state index contributed by atoms with van der Waals surface area (Å²) < 4.78 is 19.6. The Labute approximate surface area is 378 Å². The highest BCUT2D eigenvalue weighted by molar-refractivity contribution is 7.00. The van der Waals surface area contributed by atoms with Crippen LogP contribution in [-0.2, 0) is 0 Å². The summed E-state index contributed by atoms with van der Waals surface area (Å²) in [5, 5.41) is 4.70. The predicted octanol–water partition coefficient (Wildman–Crippen LogP) is 11.9. The monoisotopic (exact) mass is 844 g/mol. The van der Waals surface area contributed by atoms with Gasteiger partial charge in [-0.1, -0.05) is 146 Å². The lowest BCUT2D eigenvalue weighted by Crippen LogP contribution is -2.62. The molecule has 15 rings (SSSR count). The van der Waals surface area contributed by atoms with Gasteiger partial charge >= 0.3 is 0 Å². The van der Waals surface area contributed by atoms with Crippen molar-refractivity contribution in [1.29, 1.82) is 0 Å². The number of aromatic nitrogens is 5. The Bertz CT molecular complexity index is 3680. The van der Waals surface area contributed by atoms with Gasteiger partial charge in [0.15, 0.2) is 23.1 Å². The van der Waals surface area contributed by atoms with Gasteiger partial charge in [0.05, 0.1) is 33.4 Å². The second-order valence-corrected chi connectivity index (χ2v) is 17.1. The molecule has 9 aromatic carbocycles. The first-order valence-electron chi connectivity index (χ1n) is 22.2. The van der Waals surface area contributed by atoms with Crippen LogP contribution in [-0.4, -0.2) is 30.8 Å². The van der Waals surface area contributed by atoms with Gasteiger partial charge in [0, 0.05) is 49.5 Å². The molecule has 0 spiro atoms. The van der Waals surface area contributed by atoms with Crippen molar-refractivity contribution >= 4 is 84.0 Å². The van der Waals surface area contributed by atoms with E-state index in [1.807, 2.05) is 60.7 Å². The smallest absolute Gasteiger partial charge is 0.266 e. The van der Waals surface area contributed by atoms with Crippen LogP contribution in [0.15, 0.2) is 200 Å². The SMILES string of the molecule is c1ccc(-c2nc(-c3ccccc3)nc(N3c4cccc5c4B4c6c(cccc63)Oc3c(-n6c7ccccc7c7ccccc76)cc(-n6c7ccccc7c7ccccc76)c(c34)O5)n2)cc1. The highest BCUT2D eigenvalue weighted by Crippen LogP contribution is 2.50. The van der Waals surface area contributed by atoms with Gasteiger partial charge in [0.25, 0.3) is 6.71 Å². The van der Waals surface area contributed by atoms with Crippen molar-refractivity contribution in [2.75, 3.05) is 4.90 Å². The zero-order valence-corrected chi connectivity index (χ0v) is 35.1. The van der Waals surface area contributed by atoms with Crippen molar-refractivity contribution < 1.29 is 9.47 Å². The molecule has 0 saturated carbocycles. The molecule has 0 fully saturated rings. The molecule has 12 aromatic rings. The summed E-state index contributed by atoms with van der Waals surface area (Å²) >= 11 is 0. The number of para-hydroxylation sites is 4. The molecule has 3 aromatic heterocycles. The van der Waals surface area contributed by atoms with Gasteiger partial charge in [0.2, 0.25) is 5.95 Å². The fourth-order valence-electron chi connectivity index (χ4n) is 10.9. The Kier molecular flexibility index (Phi) is 7.15. The number of anilines is 3. The average Bonchev–Trinajstić information content (AvgIpc) is 3.90. The highest BCUT2D eigenvalue weighted by Gasteiger charge is 2.50. The Morgan fingerprint density at radius 3 is 1.17 bits per heavy atom. The third kappa shape index (κ3) is 4.80. The minimum absolute atomic E-state index is 0.255. The first kappa shape index (κ1) is 35.5. The van der Waals surface area contributed by atoms with Crippen LogP contribution in [0, 0.1) is 0 Å². The zero-order chi connectivity index (χ0) is 43.0. The summed E-state index contributed by atoms with van der Waals surface area (Å²) in [6.07, 6.45) is 0. The first-order chi connectivity index (χ1) is 32.8. The lowest BCUT2D eigenvalue weighted by molar-refractivity contribution is 0.462. The fourth-order valence-corrected chi connectivity index (χ4v) is 10.9. The molecule has 0 atom stereocenters. The number of ether oxygens (including phenoxy) is 2. The molecule has 3 aliphatic heterocycles. The van der Waals surface area contributed by atoms with Gasteiger partial charge < -0.3 is 18.6 Å². The van der Waals surface area contributed by atoms with Crippen molar-refractivity contribution in [3.8, 4) is 57.1 Å². The quantitative estimate of drug-likeness (QED) is 0.161. The molecular formula is C57H33BN6O2. The number of fused-ring (bicyclic) bond motifs is 6.